The SMILES string of the molecule is CCCCCNC(=O)C1CCCN1CC1=CC=CC(C)C1. The molecule has 3 heteroatoms. The summed E-state index contributed by atoms with van der Waals surface area (Å²) < 4.78 is 0. The van der Waals surface area contributed by atoms with Crippen LogP contribution in [-0.2, 0) is 4.79 Å². The predicted octanol–water partition coefficient (Wildman–Crippen LogP) is 3.28. The second-order valence-corrected chi connectivity index (χ2v) is 6.52. The molecule has 1 saturated heterocycles. The van der Waals surface area contributed by atoms with Gasteiger partial charge in [-0.3, -0.25) is 9.69 Å². The molecule has 118 valence electrons. The van der Waals surface area contributed by atoms with Crippen LogP contribution in [0.1, 0.15) is 52.4 Å². The lowest BCUT2D eigenvalue weighted by Crippen LogP contribution is -2.44. The number of rotatable bonds is 7. The lowest BCUT2D eigenvalue weighted by molar-refractivity contribution is -0.125. The highest BCUT2D eigenvalue weighted by Gasteiger charge is 2.30. The van der Waals surface area contributed by atoms with Gasteiger partial charge >= 0.3 is 0 Å². The van der Waals surface area contributed by atoms with Gasteiger partial charge in [0.15, 0.2) is 0 Å². The van der Waals surface area contributed by atoms with Gasteiger partial charge in [0.2, 0.25) is 5.91 Å². The molecule has 0 bridgehead atoms. The third-order valence-electron chi connectivity index (χ3n) is 4.51. The maximum absolute atomic E-state index is 12.3. The Balaban J connectivity index is 1.81. The van der Waals surface area contributed by atoms with Crippen LogP contribution in [0.4, 0.5) is 0 Å². The number of hydrogen-bond donors (Lipinski definition) is 1. The monoisotopic (exact) mass is 290 g/mol. The van der Waals surface area contributed by atoms with Crippen molar-refractivity contribution in [3.05, 3.63) is 23.8 Å². The summed E-state index contributed by atoms with van der Waals surface area (Å²) in [5, 5.41) is 3.12. The molecule has 2 rings (SSSR count). The molecule has 1 N–H and O–H groups in total. The molecule has 3 nitrogen and oxygen atoms in total. The summed E-state index contributed by atoms with van der Waals surface area (Å²) in [5.41, 5.74) is 1.47. The molecule has 0 aromatic rings. The average Bonchev–Trinajstić information content (AvgIpc) is 2.91. The van der Waals surface area contributed by atoms with E-state index in [1.54, 1.807) is 0 Å². The molecule has 1 fully saturated rings. The zero-order valence-electron chi connectivity index (χ0n) is 13.6. The molecular formula is C18H30N2O. The molecular weight excluding hydrogens is 260 g/mol. The molecule has 0 aromatic carbocycles. The number of allylic oxidation sites excluding steroid dienone is 3. The Labute approximate surface area is 129 Å². The van der Waals surface area contributed by atoms with Crippen LogP contribution in [0.3, 0.4) is 0 Å². The minimum atomic E-state index is 0.0914. The van der Waals surface area contributed by atoms with E-state index < -0.39 is 0 Å². The van der Waals surface area contributed by atoms with Crippen LogP contribution in [0, 0.1) is 5.92 Å². The molecule has 0 spiro atoms. The Bertz CT molecular complexity index is 400. The van der Waals surface area contributed by atoms with Crippen LogP contribution in [0.2, 0.25) is 0 Å². The van der Waals surface area contributed by atoms with Crippen LogP contribution < -0.4 is 5.32 Å². The molecule has 1 aliphatic heterocycles. The third kappa shape index (κ3) is 4.99. The van der Waals surface area contributed by atoms with E-state index in [0.717, 1.165) is 45.3 Å². The van der Waals surface area contributed by atoms with Gasteiger partial charge in [0.1, 0.15) is 0 Å². The van der Waals surface area contributed by atoms with Gasteiger partial charge in [0, 0.05) is 13.1 Å². The second kappa shape index (κ2) is 8.38. The summed E-state index contributed by atoms with van der Waals surface area (Å²) >= 11 is 0. The average molecular weight is 290 g/mol. The van der Waals surface area contributed by atoms with E-state index in [4.69, 9.17) is 0 Å². The first-order chi connectivity index (χ1) is 10.2. The van der Waals surface area contributed by atoms with Crippen molar-refractivity contribution in [1.29, 1.82) is 0 Å². The Morgan fingerprint density at radius 3 is 3.05 bits per heavy atom. The molecule has 0 radical (unpaired) electrons. The standard InChI is InChI=1S/C18H30N2O/c1-3-4-5-11-19-18(21)17-10-7-12-20(17)14-16-9-6-8-15(2)13-16/h6,8-9,15,17H,3-5,7,10-14H2,1-2H3,(H,19,21). The van der Waals surface area contributed by atoms with Gasteiger partial charge < -0.3 is 5.32 Å². The van der Waals surface area contributed by atoms with E-state index in [9.17, 15) is 4.79 Å². The highest BCUT2D eigenvalue weighted by molar-refractivity contribution is 5.82. The van der Waals surface area contributed by atoms with Crippen LogP contribution >= 0.6 is 0 Å². The van der Waals surface area contributed by atoms with E-state index in [-0.39, 0.29) is 11.9 Å². The van der Waals surface area contributed by atoms with E-state index in [1.165, 1.54) is 18.4 Å². The number of likely N-dealkylation sites (tertiary alicyclic amines) is 1. The molecule has 2 atom stereocenters. The number of hydrogen-bond acceptors (Lipinski definition) is 2. The largest absolute Gasteiger partial charge is 0.355 e. The summed E-state index contributed by atoms with van der Waals surface area (Å²) in [6.07, 6.45) is 13.4. The first kappa shape index (κ1) is 16.3. The Kier molecular flexibility index (Phi) is 6.50. The minimum absolute atomic E-state index is 0.0914. The summed E-state index contributed by atoms with van der Waals surface area (Å²) in [5.74, 6) is 0.873. The van der Waals surface area contributed by atoms with E-state index in [0.29, 0.717) is 5.92 Å². The van der Waals surface area contributed by atoms with Crippen molar-refractivity contribution in [2.45, 2.75) is 58.4 Å². The molecule has 1 aliphatic carbocycles. The molecule has 21 heavy (non-hydrogen) atoms. The molecule has 0 saturated carbocycles. The first-order valence-electron chi connectivity index (χ1n) is 8.58. The minimum Gasteiger partial charge on any atom is -0.355 e. The Hall–Kier alpha value is -1.09. The lowest BCUT2D eigenvalue weighted by Gasteiger charge is -2.26. The topological polar surface area (TPSA) is 32.3 Å². The zero-order valence-corrected chi connectivity index (χ0v) is 13.6. The number of nitrogens with one attached hydrogen (secondary N) is 1. The number of amides is 1. The normalized spacial score (nSPS) is 25.9. The fourth-order valence-electron chi connectivity index (χ4n) is 3.33. The summed E-state index contributed by atoms with van der Waals surface area (Å²) in [4.78, 5) is 14.7. The third-order valence-corrected chi connectivity index (χ3v) is 4.51. The van der Waals surface area contributed by atoms with Gasteiger partial charge in [-0.15, -0.1) is 0 Å². The van der Waals surface area contributed by atoms with Gasteiger partial charge in [-0.25, -0.2) is 0 Å². The highest BCUT2D eigenvalue weighted by atomic mass is 16.2. The van der Waals surface area contributed by atoms with Gasteiger partial charge in [-0.05, 0) is 38.1 Å². The van der Waals surface area contributed by atoms with Gasteiger partial charge in [-0.2, -0.15) is 0 Å². The van der Waals surface area contributed by atoms with Crippen molar-refractivity contribution in [2.24, 2.45) is 5.92 Å². The van der Waals surface area contributed by atoms with Crippen molar-refractivity contribution >= 4 is 5.91 Å². The maximum atomic E-state index is 12.3. The first-order valence-corrected chi connectivity index (χ1v) is 8.58. The van der Waals surface area contributed by atoms with Gasteiger partial charge in [0.05, 0.1) is 6.04 Å². The van der Waals surface area contributed by atoms with Crippen molar-refractivity contribution in [1.82, 2.24) is 10.2 Å². The van der Waals surface area contributed by atoms with Crippen LogP contribution in [0.25, 0.3) is 0 Å². The number of unbranched alkanes of at least 4 members (excludes halogenated alkanes) is 2. The number of carbonyl (C=O) groups is 1. The zero-order chi connectivity index (χ0) is 15.1. The smallest absolute Gasteiger partial charge is 0.237 e. The number of nitrogens with zero attached hydrogens (tertiary/aromatic N) is 1. The van der Waals surface area contributed by atoms with Crippen molar-refractivity contribution in [3.8, 4) is 0 Å². The maximum Gasteiger partial charge on any atom is 0.237 e. The van der Waals surface area contributed by atoms with Crippen LogP contribution in [0.5, 0.6) is 0 Å². The number of carbonyl (C=O) groups excluding carboxylic acids is 1. The van der Waals surface area contributed by atoms with Gasteiger partial charge in [0.25, 0.3) is 0 Å². The van der Waals surface area contributed by atoms with E-state index in [1.807, 2.05) is 0 Å². The van der Waals surface area contributed by atoms with Gasteiger partial charge in [-0.1, -0.05) is 50.5 Å². The van der Waals surface area contributed by atoms with E-state index in [2.05, 4.69) is 42.3 Å². The molecule has 1 amide bonds. The molecule has 0 aromatic heterocycles. The summed E-state index contributed by atoms with van der Waals surface area (Å²) in [6, 6.07) is 0.0914. The van der Waals surface area contributed by atoms with Crippen LogP contribution in [0.15, 0.2) is 23.8 Å². The quantitative estimate of drug-likeness (QED) is 0.730. The summed E-state index contributed by atoms with van der Waals surface area (Å²) in [7, 11) is 0. The van der Waals surface area contributed by atoms with Crippen LogP contribution in [-0.4, -0.2) is 36.5 Å². The Morgan fingerprint density at radius 1 is 1.43 bits per heavy atom. The lowest BCUT2D eigenvalue weighted by atomic mass is 9.95. The Morgan fingerprint density at radius 2 is 2.29 bits per heavy atom. The highest BCUT2D eigenvalue weighted by Crippen LogP contribution is 2.23. The summed E-state index contributed by atoms with van der Waals surface area (Å²) in [6.45, 7) is 7.29. The van der Waals surface area contributed by atoms with Crippen molar-refractivity contribution < 1.29 is 4.79 Å². The fourth-order valence-corrected chi connectivity index (χ4v) is 3.33. The molecule has 1 heterocycles. The predicted molar refractivity (Wildman–Crippen MR) is 88.1 cm³/mol. The van der Waals surface area contributed by atoms with Crippen molar-refractivity contribution in [3.63, 3.8) is 0 Å². The molecule has 2 unspecified atom stereocenters. The second-order valence-electron chi connectivity index (χ2n) is 6.52. The fraction of sp³-hybridized carbons (Fsp3) is 0.722. The van der Waals surface area contributed by atoms with E-state index >= 15 is 0 Å². The van der Waals surface area contributed by atoms with Crippen molar-refractivity contribution in [2.75, 3.05) is 19.6 Å². The molecule has 2 aliphatic rings.